The highest BCUT2D eigenvalue weighted by Gasteiger charge is 2.10. The molecule has 0 aliphatic carbocycles. The van der Waals surface area contributed by atoms with Gasteiger partial charge in [0.2, 0.25) is 0 Å². The van der Waals surface area contributed by atoms with Crippen LogP contribution in [0.4, 0.5) is 0 Å². The minimum absolute atomic E-state index is 0.0919. The first-order valence-corrected chi connectivity index (χ1v) is 6.88. The molecule has 0 amide bonds. The number of aryl methyl sites for hydroxylation is 2. The Morgan fingerprint density at radius 3 is 2.85 bits per heavy atom. The number of ether oxygens (including phenoxy) is 1. The van der Waals surface area contributed by atoms with E-state index in [-0.39, 0.29) is 12.6 Å². The highest BCUT2D eigenvalue weighted by molar-refractivity contribution is 5.37. The molecule has 2 rings (SSSR count). The van der Waals surface area contributed by atoms with Crippen LogP contribution in [0.1, 0.15) is 36.7 Å². The Hall–Kier alpha value is -1.88. The molecule has 0 aliphatic rings. The van der Waals surface area contributed by atoms with Crippen LogP contribution < -0.4 is 10.5 Å². The van der Waals surface area contributed by atoms with Crippen LogP contribution in [0.25, 0.3) is 0 Å². The lowest BCUT2D eigenvalue weighted by molar-refractivity contribution is 0.240. The second kappa shape index (κ2) is 6.52. The van der Waals surface area contributed by atoms with Crippen molar-refractivity contribution >= 4 is 0 Å². The average molecular weight is 275 g/mol. The van der Waals surface area contributed by atoms with E-state index >= 15 is 0 Å². The van der Waals surface area contributed by atoms with Gasteiger partial charge in [0.15, 0.2) is 12.4 Å². The number of nitrogens with zero attached hydrogens (tertiary/aromatic N) is 2. The quantitative estimate of drug-likeness (QED) is 0.876. The second-order valence-corrected chi connectivity index (χ2v) is 5.04. The maximum absolute atomic E-state index is 5.88. The molecule has 0 bridgehead atoms. The Morgan fingerprint density at radius 2 is 2.20 bits per heavy atom. The molecule has 1 aromatic carbocycles. The van der Waals surface area contributed by atoms with Crippen LogP contribution in [0.2, 0.25) is 0 Å². The maximum Gasteiger partial charge on any atom is 0.264 e. The number of rotatable bonds is 6. The first-order chi connectivity index (χ1) is 9.58. The standard InChI is InChI=1S/C15H21N3O2/c1-4-14-17-15(20-18-14)9-19-13-6-5-10(2)7-12(13)8-11(3)16/h5-7,11H,4,8-9,16H2,1-3H3. The summed E-state index contributed by atoms with van der Waals surface area (Å²) in [5, 5.41) is 3.85. The van der Waals surface area contributed by atoms with Crippen molar-refractivity contribution in [3.05, 3.63) is 41.0 Å². The Bertz CT molecular complexity index is 564. The average Bonchev–Trinajstić information content (AvgIpc) is 2.85. The molecule has 0 spiro atoms. The first kappa shape index (κ1) is 14.5. The number of hydrogen-bond acceptors (Lipinski definition) is 5. The van der Waals surface area contributed by atoms with E-state index < -0.39 is 0 Å². The molecule has 5 nitrogen and oxygen atoms in total. The topological polar surface area (TPSA) is 74.2 Å². The normalized spacial score (nSPS) is 12.4. The predicted octanol–water partition coefficient (Wildman–Crippen LogP) is 2.41. The van der Waals surface area contributed by atoms with E-state index in [1.165, 1.54) is 5.56 Å². The summed E-state index contributed by atoms with van der Waals surface area (Å²) in [5.41, 5.74) is 8.18. The van der Waals surface area contributed by atoms with Crippen molar-refractivity contribution in [2.24, 2.45) is 5.73 Å². The van der Waals surface area contributed by atoms with Gasteiger partial charge in [-0.05, 0) is 31.9 Å². The van der Waals surface area contributed by atoms with Gasteiger partial charge in [-0.2, -0.15) is 4.98 Å². The van der Waals surface area contributed by atoms with Crippen molar-refractivity contribution in [2.45, 2.75) is 46.3 Å². The fraction of sp³-hybridized carbons (Fsp3) is 0.467. The molecule has 1 unspecified atom stereocenters. The number of nitrogens with two attached hydrogens (primary N) is 1. The smallest absolute Gasteiger partial charge is 0.264 e. The van der Waals surface area contributed by atoms with Gasteiger partial charge >= 0.3 is 0 Å². The third-order valence-electron chi connectivity index (χ3n) is 2.94. The maximum atomic E-state index is 5.88. The Balaban J connectivity index is 2.08. The van der Waals surface area contributed by atoms with Gasteiger partial charge in [-0.25, -0.2) is 0 Å². The van der Waals surface area contributed by atoms with Crippen LogP contribution in [-0.4, -0.2) is 16.2 Å². The van der Waals surface area contributed by atoms with Crippen LogP contribution in [0, 0.1) is 6.92 Å². The summed E-state index contributed by atoms with van der Waals surface area (Å²) >= 11 is 0. The van der Waals surface area contributed by atoms with Crippen LogP contribution in [0.15, 0.2) is 22.7 Å². The predicted molar refractivity (Wildman–Crippen MR) is 76.5 cm³/mol. The van der Waals surface area contributed by atoms with Crippen molar-refractivity contribution in [1.82, 2.24) is 10.1 Å². The van der Waals surface area contributed by atoms with E-state index in [1.54, 1.807) is 0 Å². The molecule has 20 heavy (non-hydrogen) atoms. The first-order valence-electron chi connectivity index (χ1n) is 6.88. The summed E-state index contributed by atoms with van der Waals surface area (Å²) < 4.78 is 10.9. The SMILES string of the molecule is CCc1noc(COc2ccc(C)cc2CC(C)N)n1. The van der Waals surface area contributed by atoms with E-state index in [0.717, 1.165) is 24.2 Å². The Kier molecular flexibility index (Phi) is 4.74. The minimum atomic E-state index is 0.0919. The number of aromatic nitrogens is 2. The zero-order valence-corrected chi connectivity index (χ0v) is 12.2. The fourth-order valence-corrected chi connectivity index (χ4v) is 1.99. The lowest BCUT2D eigenvalue weighted by Gasteiger charge is -2.12. The van der Waals surface area contributed by atoms with Gasteiger partial charge in [0.25, 0.3) is 5.89 Å². The van der Waals surface area contributed by atoms with Gasteiger partial charge in [-0.15, -0.1) is 0 Å². The third kappa shape index (κ3) is 3.81. The summed E-state index contributed by atoms with van der Waals surface area (Å²) in [6.45, 7) is 6.30. The summed E-state index contributed by atoms with van der Waals surface area (Å²) in [4.78, 5) is 4.22. The lowest BCUT2D eigenvalue weighted by Crippen LogP contribution is -2.18. The molecule has 0 aliphatic heterocycles. The molecule has 1 atom stereocenters. The largest absolute Gasteiger partial charge is 0.483 e. The molecule has 108 valence electrons. The van der Waals surface area contributed by atoms with E-state index in [9.17, 15) is 0 Å². The van der Waals surface area contributed by atoms with Gasteiger partial charge in [-0.3, -0.25) is 0 Å². The molecule has 2 aromatic rings. The lowest BCUT2D eigenvalue weighted by atomic mass is 10.0. The van der Waals surface area contributed by atoms with Crippen molar-refractivity contribution in [1.29, 1.82) is 0 Å². The molecular weight excluding hydrogens is 254 g/mol. The molecule has 0 fully saturated rings. The summed E-state index contributed by atoms with van der Waals surface area (Å²) in [6, 6.07) is 6.17. The van der Waals surface area contributed by atoms with Gasteiger partial charge in [0.05, 0.1) is 0 Å². The fourth-order valence-electron chi connectivity index (χ4n) is 1.99. The minimum Gasteiger partial charge on any atom is -0.483 e. The van der Waals surface area contributed by atoms with Crippen molar-refractivity contribution < 1.29 is 9.26 Å². The van der Waals surface area contributed by atoms with E-state index in [0.29, 0.717) is 11.7 Å². The van der Waals surface area contributed by atoms with E-state index in [4.69, 9.17) is 15.0 Å². The van der Waals surface area contributed by atoms with Crippen molar-refractivity contribution in [3.63, 3.8) is 0 Å². The monoisotopic (exact) mass is 275 g/mol. The highest BCUT2D eigenvalue weighted by Crippen LogP contribution is 2.22. The molecule has 0 radical (unpaired) electrons. The van der Waals surface area contributed by atoms with Gasteiger partial charge in [-0.1, -0.05) is 29.8 Å². The van der Waals surface area contributed by atoms with Crippen molar-refractivity contribution in [3.8, 4) is 5.75 Å². The third-order valence-corrected chi connectivity index (χ3v) is 2.94. The van der Waals surface area contributed by atoms with E-state index in [2.05, 4.69) is 23.1 Å². The summed E-state index contributed by atoms with van der Waals surface area (Å²) in [6.07, 6.45) is 1.53. The zero-order valence-electron chi connectivity index (χ0n) is 12.2. The van der Waals surface area contributed by atoms with Crippen LogP contribution in [0.3, 0.4) is 0 Å². The van der Waals surface area contributed by atoms with Crippen LogP contribution in [-0.2, 0) is 19.4 Å². The summed E-state index contributed by atoms with van der Waals surface area (Å²) in [5.74, 6) is 2.02. The molecule has 0 saturated carbocycles. The van der Waals surface area contributed by atoms with Gasteiger partial charge < -0.3 is 15.0 Å². The summed E-state index contributed by atoms with van der Waals surface area (Å²) in [7, 11) is 0. The zero-order chi connectivity index (χ0) is 14.5. The molecular formula is C15H21N3O2. The Labute approximate surface area is 119 Å². The highest BCUT2D eigenvalue weighted by atomic mass is 16.5. The van der Waals surface area contributed by atoms with Crippen LogP contribution in [0.5, 0.6) is 5.75 Å². The van der Waals surface area contributed by atoms with Gasteiger partial charge in [0.1, 0.15) is 5.75 Å². The molecule has 1 heterocycles. The molecule has 1 aromatic heterocycles. The molecule has 0 saturated heterocycles. The molecule has 5 heteroatoms. The van der Waals surface area contributed by atoms with Crippen LogP contribution >= 0.6 is 0 Å². The Morgan fingerprint density at radius 1 is 1.40 bits per heavy atom. The number of hydrogen-bond donors (Lipinski definition) is 1. The molecule has 2 N–H and O–H groups in total. The second-order valence-electron chi connectivity index (χ2n) is 5.04. The van der Waals surface area contributed by atoms with E-state index in [1.807, 2.05) is 26.0 Å². The van der Waals surface area contributed by atoms with Gasteiger partial charge in [0, 0.05) is 12.5 Å². The van der Waals surface area contributed by atoms with Crippen molar-refractivity contribution in [2.75, 3.05) is 0 Å². The number of benzene rings is 1.